The summed E-state index contributed by atoms with van der Waals surface area (Å²) in [6, 6.07) is 8.39. The van der Waals surface area contributed by atoms with Gasteiger partial charge in [0, 0.05) is 18.2 Å². The Balaban J connectivity index is 1.69. The number of benzene rings is 1. The van der Waals surface area contributed by atoms with Crippen LogP contribution in [0.4, 0.5) is 0 Å². The number of hydrogen-bond acceptors (Lipinski definition) is 7. The molecule has 0 spiro atoms. The quantitative estimate of drug-likeness (QED) is 0.602. The largest absolute Gasteiger partial charge is 0.468 e. The number of carbonyl (C=O) groups is 1. The first kappa shape index (κ1) is 22.5. The molecular formula is C19H25N3O6S2. The Morgan fingerprint density at radius 1 is 1.27 bits per heavy atom. The molecule has 9 nitrogen and oxygen atoms in total. The number of sulfone groups is 1. The number of rotatable bonds is 8. The Morgan fingerprint density at radius 2 is 2.03 bits per heavy atom. The van der Waals surface area contributed by atoms with Crippen molar-refractivity contribution in [1.82, 2.24) is 14.9 Å². The minimum atomic E-state index is -3.95. The first-order valence-corrected chi connectivity index (χ1v) is 12.7. The van der Waals surface area contributed by atoms with Gasteiger partial charge in [0.2, 0.25) is 10.0 Å². The van der Waals surface area contributed by atoms with Gasteiger partial charge in [0.1, 0.15) is 5.76 Å². The maximum absolute atomic E-state index is 12.6. The lowest BCUT2D eigenvalue weighted by Crippen LogP contribution is -2.36. The lowest BCUT2D eigenvalue weighted by atomic mass is 10.2. The van der Waals surface area contributed by atoms with Crippen molar-refractivity contribution in [3.63, 3.8) is 0 Å². The minimum absolute atomic E-state index is 0.0364. The third kappa shape index (κ3) is 5.48. The van der Waals surface area contributed by atoms with E-state index in [4.69, 9.17) is 4.42 Å². The van der Waals surface area contributed by atoms with Gasteiger partial charge in [-0.25, -0.2) is 21.6 Å². The van der Waals surface area contributed by atoms with Crippen LogP contribution in [0, 0.1) is 0 Å². The molecule has 30 heavy (non-hydrogen) atoms. The Labute approximate surface area is 176 Å². The van der Waals surface area contributed by atoms with E-state index in [9.17, 15) is 21.6 Å². The van der Waals surface area contributed by atoms with Crippen LogP contribution >= 0.6 is 0 Å². The number of likely N-dealkylation sites (N-methyl/N-ethyl adjacent to an activating group) is 1. The number of nitrogens with one attached hydrogen (secondary N) is 2. The van der Waals surface area contributed by atoms with Crippen molar-refractivity contribution in [2.45, 2.75) is 23.4 Å². The maximum Gasteiger partial charge on any atom is 0.251 e. The van der Waals surface area contributed by atoms with Crippen molar-refractivity contribution < 1.29 is 26.0 Å². The first-order chi connectivity index (χ1) is 14.1. The van der Waals surface area contributed by atoms with Gasteiger partial charge in [0.05, 0.1) is 28.7 Å². The second-order valence-corrected chi connectivity index (χ2v) is 11.4. The molecular weight excluding hydrogens is 430 g/mol. The monoisotopic (exact) mass is 455 g/mol. The van der Waals surface area contributed by atoms with Gasteiger partial charge in [-0.1, -0.05) is 6.07 Å². The summed E-state index contributed by atoms with van der Waals surface area (Å²) in [6.45, 7) is 0.272. The van der Waals surface area contributed by atoms with Gasteiger partial charge < -0.3 is 9.73 Å². The third-order valence-electron chi connectivity index (χ3n) is 4.91. The molecule has 2 atom stereocenters. The zero-order valence-electron chi connectivity index (χ0n) is 16.7. The van der Waals surface area contributed by atoms with Crippen molar-refractivity contribution in [2.24, 2.45) is 0 Å². The van der Waals surface area contributed by atoms with Crippen LogP contribution in [-0.2, 0) is 19.9 Å². The Morgan fingerprint density at radius 3 is 2.63 bits per heavy atom. The highest BCUT2D eigenvalue weighted by Crippen LogP contribution is 2.19. The Kier molecular flexibility index (Phi) is 6.65. The fraction of sp³-hybridized carbons (Fsp3) is 0.421. The lowest BCUT2D eigenvalue weighted by Gasteiger charge is -2.22. The predicted molar refractivity (Wildman–Crippen MR) is 111 cm³/mol. The van der Waals surface area contributed by atoms with Crippen molar-refractivity contribution in [2.75, 3.05) is 32.1 Å². The van der Waals surface area contributed by atoms with Gasteiger partial charge in [-0.15, -0.1) is 0 Å². The second-order valence-electron chi connectivity index (χ2n) is 7.45. The summed E-state index contributed by atoms with van der Waals surface area (Å²) >= 11 is 0. The molecule has 1 aliphatic heterocycles. The second kappa shape index (κ2) is 8.88. The molecule has 1 aliphatic rings. The predicted octanol–water partition coefficient (Wildman–Crippen LogP) is 0.778. The average molecular weight is 456 g/mol. The summed E-state index contributed by atoms with van der Waals surface area (Å²) < 4.78 is 56.2. The molecule has 2 aromatic rings. The molecule has 1 aromatic heterocycles. The van der Waals surface area contributed by atoms with Gasteiger partial charge in [-0.3, -0.25) is 9.69 Å². The average Bonchev–Trinajstić information content (AvgIpc) is 3.31. The summed E-state index contributed by atoms with van der Waals surface area (Å²) in [5.41, 5.74) is 0.189. The van der Waals surface area contributed by atoms with Crippen molar-refractivity contribution in [3.05, 3.63) is 54.0 Å². The SMILES string of the molecule is CN(C)C(CNC(=O)c1cccc(S(=O)(=O)NC2CCS(=O)(=O)C2)c1)c1ccco1. The van der Waals surface area contributed by atoms with Gasteiger partial charge >= 0.3 is 0 Å². The highest BCUT2D eigenvalue weighted by atomic mass is 32.2. The molecule has 0 saturated carbocycles. The molecule has 1 aromatic carbocycles. The number of sulfonamides is 1. The molecule has 11 heteroatoms. The van der Waals surface area contributed by atoms with Gasteiger partial charge in [0.15, 0.2) is 9.84 Å². The molecule has 3 rings (SSSR count). The van der Waals surface area contributed by atoms with Crippen LogP contribution in [0.5, 0.6) is 0 Å². The maximum atomic E-state index is 12.6. The number of nitrogens with zero attached hydrogens (tertiary/aromatic N) is 1. The summed E-state index contributed by atoms with van der Waals surface area (Å²) in [5, 5.41) is 2.80. The molecule has 0 aliphatic carbocycles. The van der Waals surface area contributed by atoms with Crippen LogP contribution in [0.25, 0.3) is 0 Å². The van der Waals surface area contributed by atoms with E-state index in [1.165, 1.54) is 24.3 Å². The van der Waals surface area contributed by atoms with Crippen LogP contribution < -0.4 is 10.0 Å². The summed E-state index contributed by atoms with van der Waals surface area (Å²) in [5.74, 6) is 0.0254. The standard InChI is InChI=1S/C19H25N3O6S2/c1-22(2)17(18-7-4-9-28-18)12-20-19(23)14-5-3-6-16(11-14)30(26,27)21-15-8-10-29(24,25)13-15/h3-7,9,11,15,17,21H,8,10,12-13H2,1-2H3,(H,20,23). The number of furan rings is 1. The number of carbonyl (C=O) groups excluding carboxylic acids is 1. The van der Waals surface area contributed by atoms with E-state index in [1.54, 1.807) is 12.3 Å². The van der Waals surface area contributed by atoms with E-state index in [0.717, 1.165) is 0 Å². The zero-order chi connectivity index (χ0) is 21.9. The molecule has 2 unspecified atom stereocenters. The molecule has 1 fully saturated rings. The fourth-order valence-electron chi connectivity index (χ4n) is 3.29. The molecule has 1 saturated heterocycles. The van der Waals surface area contributed by atoms with E-state index in [-0.39, 0.29) is 41.0 Å². The third-order valence-corrected chi connectivity index (χ3v) is 8.20. The van der Waals surface area contributed by atoms with Crippen molar-refractivity contribution >= 4 is 25.8 Å². The normalized spacial score (nSPS) is 19.6. The molecule has 0 radical (unpaired) electrons. The molecule has 164 valence electrons. The Hall–Kier alpha value is -2.21. The van der Waals surface area contributed by atoms with E-state index < -0.39 is 31.8 Å². The highest BCUT2D eigenvalue weighted by molar-refractivity contribution is 7.92. The van der Waals surface area contributed by atoms with Crippen LogP contribution in [-0.4, -0.2) is 65.8 Å². The highest BCUT2D eigenvalue weighted by Gasteiger charge is 2.31. The fourth-order valence-corrected chi connectivity index (χ4v) is 6.38. The van der Waals surface area contributed by atoms with Crippen molar-refractivity contribution in [1.29, 1.82) is 0 Å². The van der Waals surface area contributed by atoms with Crippen molar-refractivity contribution in [3.8, 4) is 0 Å². The summed E-state index contributed by atoms with van der Waals surface area (Å²) in [6.07, 6.45) is 1.80. The summed E-state index contributed by atoms with van der Waals surface area (Å²) in [4.78, 5) is 14.4. The number of hydrogen-bond donors (Lipinski definition) is 2. The molecule has 1 amide bonds. The van der Waals surface area contributed by atoms with E-state index in [2.05, 4.69) is 10.0 Å². The zero-order valence-corrected chi connectivity index (χ0v) is 18.4. The molecule has 2 heterocycles. The van der Waals surface area contributed by atoms with Crippen LogP contribution in [0.15, 0.2) is 52.0 Å². The molecule has 2 N–H and O–H groups in total. The smallest absolute Gasteiger partial charge is 0.251 e. The Bertz CT molecular complexity index is 1100. The van der Waals surface area contributed by atoms with E-state index >= 15 is 0 Å². The summed E-state index contributed by atoms with van der Waals surface area (Å²) in [7, 11) is -3.44. The lowest BCUT2D eigenvalue weighted by molar-refractivity contribution is 0.0939. The molecule has 0 bridgehead atoms. The number of amides is 1. The van der Waals surface area contributed by atoms with E-state index in [1.807, 2.05) is 25.1 Å². The van der Waals surface area contributed by atoms with Crippen LogP contribution in [0.1, 0.15) is 28.6 Å². The van der Waals surface area contributed by atoms with Crippen LogP contribution in [0.3, 0.4) is 0 Å². The van der Waals surface area contributed by atoms with E-state index in [0.29, 0.717) is 5.76 Å². The first-order valence-electron chi connectivity index (χ1n) is 9.38. The van der Waals surface area contributed by atoms with Gasteiger partial charge in [-0.05, 0) is 50.8 Å². The van der Waals surface area contributed by atoms with Gasteiger partial charge in [0.25, 0.3) is 5.91 Å². The minimum Gasteiger partial charge on any atom is -0.468 e. The topological polar surface area (TPSA) is 126 Å². The van der Waals surface area contributed by atoms with Gasteiger partial charge in [-0.2, -0.15) is 0 Å². The van der Waals surface area contributed by atoms with Crippen LogP contribution in [0.2, 0.25) is 0 Å².